The number of nitrogens with one attached hydrogen (secondary N) is 1. The van der Waals surface area contributed by atoms with Crippen LogP contribution in [-0.2, 0) is 0 Å². The second-order valence-electron chi connectivity index (χ2n) is 3.01. The molecule has 14 heavy (non-hydrogen) atoms. The molecule has 1 aliphatic rings. The maximum absolute atomic E-state index is 10.9. The summed E-state index contributed by atoms with van der Waals surface area (Å²) in [6.07, 6.45) is 0. The lowest BCUT2D eigenvalue weighted by molar-refractivity contribution is 0.250. The van der Waals surface area contributed by atoms with E-state index in [0.29, 0.717) is 0 Å². The first kappa shape index (κ1) is 8.55. The van der Waals surface area contributed by atoms with Crippen molar-refractivity contribution in [2.45, 2.75) is 6.04 Å². The molecule has 5 nitrogen and oxygen atoms in total. The summed E-state index contributed by atoms with van der Waals surface area (Å²) in [6.45, 7) is 0. The van der Waals surface area contributed by atoms with Crippen molar-refractivity contribution in [3.8, 4) is 5.75 Å². The molecule has 2 amide bonds. The average molecular weight is 191 g/mol. The predicted molar refractivity (Wildman–Crippen MR) is 51.0 cm³/mol. The van der Waals surface area contributed by atoms with Gasteiger partial charge in [-0.25, -0.2) is 4.79 Å². The van der Waals surface area contributed by atoms with Crippen molar-refractivity contribution in [3.63, 3.8) is 0 Å². The number of benzene rings is 1. The first-order valence-corrected chi connectivity index (χ1v) is 4.10. The molecule has 1 unspecified atom stereocenters. The van der Waals surface area contributed by atoms with Crippen LogP contribution >= 0.6 is 0 Å². The summed E-state index contributed by atoms with van der Waals surface area (Å²) < 4.78 is 0. The molecule has 0 fully saturated rings. The molecule has 2 rings (SSSR count). The molecule has 5 heteroatoms. The van der Waals surface area contributed by atoms with Gasteiger partial charge in [-0.2, -0.15) is 4.99 Å². The van der Waals surface area contributed by atoms with Crippen LogP contribution in [0.25, 0.3) is 0 Å². The first-order chi connectivity index (χ1) is 6.66. The minimum atomic E-state index is -0.448. The highest BCUT2D eigenvalue weighted by Gasteiger charge is 2.24. The molecular weight excluding hydrogens is 182 g/mol. The zero-order valence-corrected chi connectivity index (χ0v) is 7.27. The molecule has 0 radical (unpaired) electrons. The number of hydrogen-bond donors (Lipinski definition) is 3. The number of nitrogens with zero attached hydrogens (tertiary/aromatic N) is 1. The highest BCUT2D eigenvalue weighted by molar-refractivity contribution is 6.03. The van der Waals surface area contributed by atoms with Gasteiger partial charge in [0.1, 0.15) is 17.6 Å². The normalized spacial score (nSPS) is 20.4. The number of amides is 2. The van der Waals surface area contributed by atoms with Gasteiger partial charge in [-0.1, -0.05) is 12.1 Å². The lowest BCUT2D eigenvalue weighted by Gasteiger charge is -2.10. The maximum Gasteiger partial charge on any atom is 0.343 e. The third kappa shape index (κ3) is 1.39. The zero-order chi connectivity index (χ0) is 10.1. The van der Waals surface area contributed by atoms with Gasteiger partial charge in [0.25, 0.3) is 0 Å². The Bertz CT molecular complexity index is 414. The van der Waals surface area contributed by atoms with E-state index in [4.69, 9.17) is 5.73 Å². The summed E-state index contributed by atoms with van der Waals surface area (Å²) >= 11 is 0. The van der Waals surface area contributed by atoms with Crippen molar-refractivity contribution < 1.29 is 9.90 Å². The number of hydrogen-bond acceptors (Lipinski definition) is 3. The molecule has 4 N–H and O–H groups in total. The molecule has 0 bridgehead atoms. The highest BCUT2D eigenvalue weighted by Crippen LogP contribution is 2.20. The van der Waals surface area contributed by atoms with Gasteiger partial charge < -0.3 is 16.2 Å². The number of aliphatic imine (C=N–C) groups is 1. The fourth-order valence-corrected chi connectivity index (χ4v) is 1.37. The van der Waals surface area contributed by atoms with Crippen molar-refractivity contribution >= 4 is 11.9 Å². The van der Waals surface area contributed by atoms with Gasteiger partial charge in [0.2, 0.25) is 0 Å². The van der Waals surface area contributed by atoms with E-state index >= 15 is 0 Å². The van der Waals surface area contributed by atoms with Gasteiger partial charge >= 0.3 is 6.03 Å². The Labute approximate surface area is 80.3 Å². The van der Waals surface area contributed by atoms with Crippen molar-refractivity contribution in [2.75, 3.05) is 0 Å². The van der Waals surface area contributed by atoms with Crippen LogP contribution in [0.1, 0.15) is 11.6 Å². The molecule has 1 atom stereocenters. The van der Waals surface area contributed by atoms with Crippen molar-refractivity contribution in [3.05, 3.63) is 29.8 Å². The third-order valence-electron chi connectivity index (χ3n) is 2.00. The number of phenols is 1. The topological polar surface area (TPSA) is 87.7 Å². The molecule has 0 spiro atoms. The van der Waals surface area contributed by atoms with Crippen LogP contribution in [0.4, 0.5) is 4.79 Å². The SMILES string of the molecule is NC1=NC(=O)NC1c1cccc(O)c1. The maximum atomic E-state index is 10.9. The van der Waals surface area contributed by atoms with Crippen LogP contribution in [0.2, 0.25) is 0 Å². The molecule has 0 saturated carbocycles. The average Bonchev–Trinajstić information content (AvgIpc) is 2.45. The molecule has 0 aliphatic carbocycles. The van der Waals surface area contributed by atoms with E-state index in [1.807, 2.05) is 0 Å². The molecule has 1 aliphatic heterocycles. The fraction of sp³-hybridized carbons (Fsp3) is 0.111. The lowest BCUT2D eigenvalue weighted by Crippen LogP contribution is -2.27. The van der Waals surface area contributed by atoms with Gasteiger partial charge in [-0.15, -0.1) is 0 Å². The van der Waals surface area contributed by atoms with E-state index in [-0.39, 0.29) is 11.6 Å². The number of phenolic OH excluding ortho intramolecular Hbond substituents is 1. The van der Waals surface area contributed by atoms with Gasteiger partial charge in [-0.05, 0) is 17.7 Å². The number of rotatable bonds is 1. The van der Waals surface area contributed by atoms with Crippen LogP contribution in [0.15, 0.2) is 29.3 Å². The monoisotopic (exact) mass is 191 g/mol. The number of urea groups is 1. The number of aromatic hydroxyl groups is 1. The largest absolute Gasteiger partial charge is 0.508 e. The molecule has 1 heterocycles. The number of carbonyl (C=O) groups excluding carboxylic acids is 1. The summed E-state index contributed by atoms with van der Waals surface area (Å²) in [7, 11) is 0. The summed E-state index contributed by atoms with van der Waals surface area (Å²) in [4.78, 5) is 14.4. The number of carbonyl (C=O) groups is 1. The van der Waals surface area contributed by atoms with Crippen LogP contribution in [0, 0.1) is 0 Å². The van der Waals surface area contributed by atoms with Crippen LogP contribution in [-0.4, -0.2) is 17.0 Å². The lowest BCUT2D eigenvalue weighted by atomic mass is 10.1. The van der Waals surface area contributed by atoms with E-state index in [1.165, 1.54) is 0 Å². The van der Waals surface area contributed by atoms with Crippen molar-refractivity contribution in [2.24, 2.45) is 10.7 Å². The second-order valence-corrected chi connectivity index (χ2v) is 3.01. The molecule has 0 aromatic heterocycles. The summed E-state index contributed by atoms with van der Waals surface area (Å²) in [5.74, 6) is 0.358. The van der Waals surface area contributed by atoms with E-state index < -0.39 is 12.1 Å². The minimum absolute atomic E-state index is 0.136. The van der Waals surface area contributed by atoms with E-state index in [2.05, 4.69) is 10.3 Å². The Balaban J connectivity index is 2.33. The van der Waals surface area contributed by atoms with Crippen LogP contribution in [0.3, 0.4) is 0 Å². The van der Waals surface area contributed by atoms with Crippen LogP contribution < -0.4 is 11.1 Å². The molecule has 0 saturated heterocycles. The summed E-state index contributed by atoms with van der Waals surface area (Å²) in [6, 6.07) is 5.66. The van der Waals surface area contributed by atoms with Gasteiger partial charge in [0.05, 0.1) is 0 Å². The molecule has 72 valence electrons. The Morgan fingerprint density at radius 1 is 1.50 bits per heavy atom. The highest BCUT2D eigenvalue weighted by atomic mass is 16.3. The number of nitrogens with two attached hydrogens (primary N) is 1. The summed E-state index contributed by atoms with van der Waals surface area (Å²) in [5, 5.41) is 11.8. The Hall–Kier alpha value is -2.04. The van der Waals surface area contributed by atoms with Gasteiger partial charge in [0, 0.05) is 0 Å². The Kier molecular flexibility index (Phi) is 1.85. The second kappa shape index (κ2) is 3.02. The van der Waals surface area contributed by atoms with E-state index in [9.17, 15) is 9.90 Å². The molecular formula is C9H9N3O2. The number of amidine groups is 1. The fourth-order valence-electron chi connectivity index (χ4n) is 1.37. The minimum Gasteiger partial charge on any atom is -0.508 e. The third-order valence-corrected chi connectivity index (χ3v) is 2.00. The first-order valence-electron chi connectivity index (χ1n) is 4.10. The summed E-state index contributed by atoms with van der Waals surface area (Å²) in [5.41, 5.74) is 6.26. The smallest absolute Gasteiger partial charge is 0.343 e. The van der Waals surface area contributed by atoms with Crippen molar-refractivity contribution in [1.82, 2.24) is 5.32 Å². The molecule has 1 aromatic carbocycles. The molecule has 1 aromatic rings. The predicted octanol–water partition coefficient (Wildman–Crippen LogP) is 0.514. The standard InChI is InChI=1S/C9H9N3O2/c10-8-7(11-9(14)12-8)5-2-1-3-6(13)4-5/h1-4,7,13H,(H3,10,11,12,14). The zero-order valence-electron chi connectivity index (χ0n) is 7.27. The van der Waals surface area contributed by atoms with E-state index in [1.54, 1.807) is 24.3 Å². The van der Waals surface area contributed by atoms with Crippen molar-refractivity contribution in [1.29, 1.82) is 0 Å². The Morgan fingerprint density at radius 2 is 2.29 bits per heavy atom. The van der Waals surface area contributed by atoms with E-state index in [0.717, 1.165) is 5.56 Å². The van der Waals surface area contributed by atoms with Gasteiger partial charge in [-0.3, -0.25) is 0 Å². The van der Waals surface area contributed by atoms with Gasteiger partial charge in [0.15, 0.2) is 0 Å². The Morgan fingerprint density at radius 3 is 2.86 bits per heavy atom. The quantitative estimate of drug-likeness (QED) is 0.604. The van der Waals surface area contributed by atoms with Crippen LogP contribution in [0.5, 0.6) is 5.75 Å².